The molecular formula is C22H23N3O3S. The van der Waals surface area contributed by atoms with E-state index in [2.05, 4.69) is 14.6 Å². The van der Waals surface area contributed by atoms with E-state index in [-0.39, 0.29) is 10.6 Å². The lowest BCUT2D eigenvalue weighted by molar-refractivity contribution is 0.414. The SMILES string of the molecule is CN(C)CCc1c[nH]c2ccc(NS(=O)(=O)c3ccc4ccc(O)cc4c3)cc12. The minimum atomic E-state index is -3.76. The van der Waals surface area contributed by atoms with Crippen LogP contribution in [0, 0.1) is 0 Å². The zero-order valence-corrected chi connectivity index (χ0v) is 17.1. The van der Waals surface area contributed by atoms with Crippen LogP contribution < -0.4 is 4.72 Å². The number of sulfonamides is 1. The van der Waals surface area contributed by atoms with Crippen LogP contribution in [0.5, 0.6) is 5.75 Å². The molecule has 4 aromatic rings. The third-order valence-corrected chi connectivity index (χ3v) is 6.33. The molecule has 3 aromatic carbocycles. The number of hydrogen-bond donors (Lipinski definition) is 3. The van der Waals surface area contributed by atoms with Crippen molar-refractivity contribution in [3.8, 4) is 5.75 Å². The number of rotatable bonds is 6. The largest absolute Gasteiger partial charge is 0.508 e. The third-order valence-electron chi connectivity index (χ3n) is 4.95. The van der Waals surface area contributed by atoms with Crippen molar-refractivity contribution in [1.29, 1.82) is 0 Å². The topological polar surface area (TPSA) is 85.4 Å². The first-order chi connectivity index (χ1) is 13.8. The highest BCUT2D eigenvalue weighted by molar-refractivity contribution is 7.92. The summed E-state index contributed by atoms with van der Waals surface area (Å²) in [7, 11) is 0.293. The summed E-state index contributed by atoms with van der Waals surface area (Å²) in [5, 5.41) is 12.2. The van der Waals surface area contributed by atoms with Gasteiger partial charge in [-0.05, 0) is 79.3 Å². The van der Waals surface area contributed by atoms with E-state index < -0.39 is 10.0 Å². The van der Waals surface area contributed by atoms with E-state index in [0.717, 1.165) is 34.8 Å². The first-order valence-corrected chi connectivity index (χ1v) is 10.8. The standard InChI is InChI=1S/C22H23N3O3S/c1-25(2)10-9-16-14-23-22-8-5-18(13-21(16)22)24-29(27,28)20-7-4-15-3-6-19(26)11-17(15)12-20/h3-8,11-14,23-24,26H,9-10H2,1-2H3. The summed E-state index contributed by atoms with van der Waals surface area (Å²) >= 11 is 0. The number of nitrogens with one attached hydrogen (secondary N) is 2. The van der Waals surface area contributed by atoms with Crippen LogP contribution in [0.1, 0.15) is 5.56 Å². The van der Waals surface area contributed by atoms with Gasteiger partial charge in [0.1, 0.15) is 5.75 Å². The smallest absolute Gasteiger partial charge is 0.261 e. The maximum absolute atomic E-state index is 12.9. The predicted molar refractivity (Wildman–Crippen MR) is 117 cm³/mol. The lowest BCUT2D eigenvalue weighted by atomic mass is 10.1. The van der Waals surface area contributed by atoms with Crippen molar-refractivity contribution in [2.45, 2.75) is 11.3 Å². The summed E-state index contributed by atoms with van der Waals surface area (Å²) in [5.74, 6) is 0.100. The molecule has 0 spiro atoms. The molecule has 0 aliphatic rings. The van der Waals surface area contributed by atoms with Crippen LogP contribution in [0.25, 0.3) is 21.7 Å². The van der Waals surface area contributed by atoms with Gasteiger partial charge < -0.3 is 15.0 Å². The molecule has 1 aromatic heterocycles. The van der Waals surface area contributed by atoms with Crippen molar-refractivity contribution in [2.75, 3.05) is 25.4 Å². The molecule has 0 radical (unpaired) electrons. The third kappa shape index (κ3) is 4.06. The van der Waals surface area contributed by atoms with Crippen LogP contribution in [0.4, 0.5) is 5.69 Å². The van der Waals surface area contributed by atoms with E-state index >= 15 is 0 Å². The highest BCUT2D eigenvalue weighted by atomic mass is 32.2. The zero-order valence-electron chi connectivity index (χ0n) is 16.3. The summed E-state index contributed by atoms with van der Waals surface area (Å²) in [6.45, 7) is 0.910. The Morgan fingerprint density at radius 2 is 1.79 bits per heavy atom. The highest BCUT2D eigenvalue weighted by Crippen LogP contribution is 2.27. The molecule has 7 heteroatoms. The predicted octanol–water partition coefficient (Wildman–Crippen LogP) is 3.93. The Kier molecular flexibility index (Phi) is 4.94. The van der Waals surface area contributed by atoms with E-state index in [4.69, 9.17) is 0 Å². The van der Waals surface area contributed by atoms with Gasteiger partial charge in [-0.1, -0.05) is 12.1 Å². The lowest BCUT2D eigenvalue weighted by Gasteiger charge is -2.11. The number of benzene rings is 3. The molecule has 0 aliphatic heterocycles. The van der Waals surface area contributed by atoms with Crippen molar-refractivity contribution in [3.05, 3.63) is 66.4 Å². The van der Waals surface area contributed by atoms with Gasteiger partial charge in [-0.15, -0.1) is 0 Å². The number of hydrogen-bond acceptors (Lipinski definition) is 4. The second-order valence-electron chi connectivity index (χ2n) is 7.43. The van der Waals surface area contributed by atoms with Crippen LogP contribution >= 0.6 is 0 Å². The van der Waals surface area contributed by atoms with Crippen molar-refractivity contribution in [1.82, 2.24) is 9.88 Å². The van der Waals surface area contributed by atoms with Gasteiger partial charge in [0.25, 0.3) is 10.0 Å². The molecule has 4 rings (SSSR count). The number of aromatic amines is 1. The molecule has 0 aliphatic carbocycles. The summed E-state index contributed by atoms with van der Waals surface area (Å²) in [4.78, 5) is 5.50. The maximum atomic E-state index is 12.9. The lowest BCUT2D eigenvalue weighted by Crippen LogP contribution is -2.15. The van der Waals surface area contributed by atoms with Crippen LogP contribution in [0.2, 0.25) is 0 Å². The number of likely N-dealkylation sites (N-methyl/N-ethyl adjacent to an activating group) is 1. The van der Waals surface area contributed by atoms with E-state index in [0.29, 0.717) is 11.1 Å². The van der Waals surface area contributed by atoms with E-state index in [1.54, 1.807) is 42.5 Å². The molecule has 0 amide bonds. The molecule has 0 atom stereocenters. The average molecular weight is 410 g/mol. The molecule has 29 heavy (non-hydrogen) atoms. The Hall–Kier alpha value is -3.03. The molecule has 0 fully saturated rings. The van der Waals surface area contributed by atoms with Crippen molar-refractivity contribution in [3.63, 3.8) is 0 Å². The minimum absolute atomic E-state index is 0.100. The molecule has 0 unspecified atom stereocenters. The number of phenolic OH excluding ortho intramolecular Hbond substituents is 1. The molecule has 0 saturated carbocycles. The van der Waals surface area contributed by atoms with Crippen molar-refractivity contribution in [2.24, 2.45) is 0 Å². The number of nitrogens with zero attached hydrogens (tertiary/aromatic N) is 1. The van der Waals surface area contributed by atoms with Crippen molar-refractivity contribution < 1.29 is 13.5 Å². The minimum Gasteiger partial charge on any atom is -0.508 e. The van der Waals surface area contributed by atoms with Gasteiger partial charge in [0.15, 0.2) is 0 Å². The second kappa shape index (κ2) is 7.42. The van der Waals surface area contributed by atoms with Gasteiger partial charge in [-0.25, -0.2) is 8.42 Å². The van der Waals surface area contributed by atoms with Crippen molar-refractivity contribution >= 4 is 37.4 Å². The fraction of sp³-hybridized carbons (Fsp3) is 0.182. The van der Waals surface area contributed by atoms with Gasteiger partial charge in [-0.3, -0.25) is 4.72 Å². The number of anilines is 1. The fourth-order valence-electron chi connectivity index (χ4n) is 3.39. The molecule has 1 heterocycles. The molecule has 150 valence electrons. The van der Waals surface area contributed by atoms with Gasteiger partial charge in [0.05, 0.1) is 4.90 Å². The summed E-state index contributed by atoms with van der Waals surface area (Å²) in [6, 6.07) is 15.2. The van der Waals surface area contributed by atoms with Gasteiger partial charge >= 0.3 is 0 Å². The Labute approximate surface area is 169 Å². The Morgan fingerprint density at radius 3 is 2.59 bits per heavy atom. The zero-order chi connectivity index (χ0) is 20.6. The first-order valence-electron chi connectivity index (χ1n) is 9.32. The van der Waals surface area contributed by atoms with Gasteiger partial charge in [0, 0.05) is 29.3 Å². The summed E-state index contributed by atoms with van der Waals surface area (Å²) < 4.78 is 28.5. The first kappa shape index (κ1) is 19.3. The van der Waals surface area contributed by atoms with Gasteiger partial charge in [0.2, 0.25) is 0 Å². The Balaban J connectivity index is 1.65. The van der Waals surface area contributed by atoms with E-state index in [9.17, 15) is 13.5 Å². The normalized spacial score (nSPS) is 12.1. The Bertz CT molecular complexity index is 1290. The van der Waals surface area contributed by atoms with Crippen LogP contribution in [-0.4, -0.2) is 44.0 Å². The maximum Gasteiger partial charge on any atom is 0.261 e. The fourth-order valence-corrected chi connectivity index (χ4v) is 4.47. The number of phenols is 1. The Morgan fingerprint density at radius 1 is 1.00 bits per heavy atom. The van der Waals surface area contributed by atoms with E-state index in [1.165, 1.54) is 0 Å². The van der Waals surface area contributed by atoms with Crippen LogP contribution in [0.3, 0.4) is 0 Å². The quantitative estimate of drug-likeness (QED) is 0.450. The van der Waals surface area contributed by atoms with Crippen LogP contribution in [0.15, 0.2) is 65.7 Å². The van der Waals surface area contributed by atoms with E-state index in [1.807, 2.05) is 32.4 Å². The average Bonchev–Trinajstić information content (AvgIpc) is 3.07. The number of H-pyrrole nitrogens is 1. The van der Waals surface area contributed by atoms with Crippen LogP contribution in [-0.2, 0) is 16.4 Å². The molecule has 3 N–H and O–H groups in total. The summed E-state index contributed by atoms with van der Waals surface area (Å²) in [5.41, 5.74) is 2.64. The van der Waals surface area contributed by atoms with Gasteiger partial charge in [-0.2, -0.15) is 0 Å². The number of aromatic hydroxyl groups is 1. The highest BCUT2D eigenvalue weighted by Gasteiger charge is 2.16. The molecule has 6 nitrogen and oxygen atoms in total. The second-order valence-corrected chi connectivity index (χ2v) is 9.11. The number of fused-ring (bicyclic) bond motifs is 2. The number of aromatic nitrogens is 1. The molecule has 0 bridgehead atoms. The summed E-state index contributed by atoms with van der Waals surface area (Å²) in [6.07, 6.45) is 2.85. The molecule has 0 saturated heterocycles. The monoisotopic (exact) mass is 409 g/mol. The molecular weight excluding hydrogens is 386 g/mol.